The van der Waals surface area contributed by atoms with Gasteiger partial charge in [0, 0.05) is 0 Å². The predicted octanol–water partition coefficient (Wildman–Crippen LogP) is 2.53. The van der Waals surface area contributed by atoms with E-state index in [1.165, 1.54) is 7.11 Å². The zero-order chi connectivity index (χ0) is 16.0. The fourth-order valence-electron chi connectivity index (χ4n) is 1.41. The summed E-state index contributed by atoms with van der Waals surface area (Å²) in [6, 6.07) is 6.63. The average molecular weight is 374 g/mol. The van der Waals surface area contributed by atoms with E-state index in [-0.39, 0.29) is 0 Å². The van der Waals surface area contributed by atoms with E-state index in [2.05, 4.69) is 10.6 Å². The molecule has 0 fully saturated rings. The van der Waals surface area contributed by atoms with Gasteiger partial charge in [-0.05, 0) is 17.7 Å². The lowest BCUT2D eigenvalue weighted by molar-refractivity contribution is -0.122. The molecule has 2 N–H and O–H groups in total. The maximum Gasteiger partial charge on any atom is 0.255 e. The van der Waals surface area contributed by atoms with Gasteiger partial charge in [-0.15, -0.1) is 0 Å². The van der Waals surface area contributed by atoms with Crippen molar-refractivity contribution in [3.05, 3.63) is 29.8 Å². The number of hydrogen-bond acceptors (Lipinski definition) is 3. The predicted molar refractivity (Wildman–Crippen MR) is 83.0 cm³/mol. The summed E-state index contributed by atoms with van der Waals surface area (Å²) in [7, 11) is 1.52. The summed E-state index contributed by atoms with van der Waals surface area (Å²) in [5.41, 5.74) is 0.570. The Labute approximate surface area is 141 Å². The Hall–Kier alpha value is -0.880. The lowest BCUT2D eigenvalue weighted by Crippen LogP contribution is -2.44. The molecule has 0 aliphatic rings. The molecule has 116 valence electrons. The van der Waals surface area contributed by atoms with Crippen molar-refractivity contribution in [2.75, 3.05) is 7.11 Å². The minimum atomic E-state index is -1.27. The molecule has 0 bridgehead atoms. The molecule has 0 saturated heterocycles. The number of alkyl halides is 4. The standard InChI is InChI=1S/C12H12Cl4N2O3/c1-21-7-4-2-6(3-5-7)10(17-11(19)8(13)14)18-12(20)9(15)16/h2-5,8-10H,1H3,(H,17,19)(H,18,20). The van der Waals surface area contributed by atoms with E-state index in [0.717, 1.165) is 0 Å². The van der Waals surface area contributed by atoms with Crippen molar-refractivity contribution < 1.29 is 14.3 Å². The molecule has 0 atom stereocenters. The number of rotatable bonds is 6. The van der Waals surface area contributed by atoms with Crippen molar-refractivity contribution >= 4 is 58.2 Å². The Kier molecular flexibility index (Phi) is 7.39. The molecule has 9 heteroatoms. The van der Waals surface area contributed by atoms with E-state index in [9.17, 15) is 9.59 Å². The van der Waals surface area contributed by atoms with Gasteiger partial charge in [0.2, 0.25) is 0 Å². The van der Waals surface area contributed by atoms with Crippen molar-refractivity contribution in [2.24, 2.45) is 0 Å². The Bertz CT molecular complexity index is 472. The van der Waals surface area contributed by atoms with Gasteiger partial charge in [0.05, 0.1) is 7.11 Å². The zero-order valence-electron chi connectivity index (χ0n) is 10.8. The quantitative estimate of drug-likeness (QED) is 0.594. The fraction of sp³-hybridized carbons (Fsp3) is 0.333. The normalized spacial score (nSPS) is 10.9. The molecule has 2 amide bonds. The highest BCUT2D eigenvalue weighted by Gasteiger charge is 2.22. The smallest absolute Gasteiger partial charge is 0.255 e. The molecule has 1 rings (SSSR count). The maximum atomic E-state index is 11.6. The number of amides is 2. The highest BCUT2D eigenvalue weighted by Crippen LogP contribution is 2.17. The number of hydrogen-bond donors (Lipinski definition) is 2. The van der Waals surface area contributed by atoms with Crippen LogP contribution < -0.4 is 15.4 Å². The third-order valence-electron chi connectivity index (χ3n) is 2.42. The van der Waals surface area contributed by atoms with Crippen molar-refractivity contribution in [1.82, 2.24) is 10.6 Å². The SMILES string of the molecule is COc1ccc(C(NC(=O)C(Cl)Cl)NC(=O)C(Cl)Cl)cc1. The first kappa shape index (κ1) is 18.2. The third kappa shape index (κ3) is 5.79. The molecule has 0 radical (unpaired) electrons. The molecule has 5 nitrogen and oxygen atoms in total. The van der Waals surface area contributed by atoms with Gasteiger partial charge in [0.15, 0.2) is 9.67 Å². The van der Waals surface area contributed by atoms with Gasteiger partial charge < -0.3 is 15.4 Å². The largest absolute Gasteiger partial charge is 0.497 e. The van der Waals surface area contributed by atoms with Crippen molar-refractivity contribution in [1.29, 1.82) is 0 Å². The molecule has 0 spiro atoms. The molecule has 21 heavy (non-hydrogen) atoms. The van der Waals surface area contributed by atoms with E-state index in [0.29, 0.717) is 11.3 Å². The van der Waals surface area contributed by atoms with Crippen LogP contribution >= 0.6 is 46.4 Å². The van der Waals surface area contributed by atoms with E-state index in [4.69, 9.17) is 51.1 Å². The summed E-state index contributed by atoms with van der Waals surface area (Å²) in [5.74, 6) is -0.712. The second-order valence-corrected chi connectivity index (χ2v) is 6.02. The van der Waals surface area contributed by atoms with E-state index >= 15 is 0 Å². The van der Waals surface area contributed by atoms with Crippen LogP contribution in [0.5, 0.6) is 5.75 Å². The number of ether oxygens (including phenoxy) is 1. The maximum absolute atomic E-state index is 11.6. The Morgan fingerprint density at radius 1 is 0.952 bits per heavy atom. The number of halogens is 4. The van der Waals surface area contributed by atoms with Gasteiger partial charge in [0.25, 0.3) is 11.8 Å². The van der Waals surface area contributed by atoms with Gasteiger partial charge in [-0.3, -0.25) is 9.59 Å². The monoisotopic (exact) mass is 372 g/mol. The Morgan fingerprint density at radius 3 is 1.71 bits per heavy atom. The number of methoxy groups -OCH3 is 1. The van der Waals surface area contributed by atoms with E-state index in [1.54, 1.807) is 24.3 Å². The lowest BCUT2D eigenvalue weighted by Gasteiger charge is -2.21. The van der Waals surface area contributed by atoms with Gasteiger partial charge in [-0.1, -0.05) is 58.5 Å². The molecule has 0 aliphatic carbocycles. The molecule has 0 aromatic heterocycles. The second kappa shape index (κ2) is 8.54. The number of carbonyl (C=O) groups excluding carboxylic acids is 2. The van der Waals surface area contributed by atoms with E-state index < -0.39 is 27.7 Å². The third-order valence-corrected chi connectivity index (χ3v) is 3.21. The minimum Gasteiger partial charge on any atom is -0.497 e. The first-order valence-corrected chi connectivity index (χ1v) is 7.40. The minimum absolute atomic E-state index is 0.570. The average Bonchev–Trinajstić information content (AvgIpc) is 2.46. The highest BCUT2D eigenvalue weighted by atomic mass is 35.5. The van der Waals surface area contributed by atoms with Crippen molar-refractivity contribution in [3.63, 3.8) is 0 Å². The number of carbonyl (C=O) groups is 2. The summed E-state index contributed by atoms with van der Waals surface area (Å²) in [4.78, 5) is 20.6. The van der Waals surface area contributed by atoms with Crippen LogP contribution in [-0.2, 0) is 9.59 Å². The number of benzene rings is 1. The molecular formula is C12H12Cl4N2O3. The second-order valence-electron chi connectivity index (χ2n) is 3.82. The number of nitrogens with one attached hydrogen (secondary N) is 2. The molecule has 1 aromatic carbocycles. The van der Waals surface area contributed by atoms with Crippen LogP contribution in [0.15, 0.2) is 24.3 Å². The van der Waals surface area contributed by atoms with Crippen molar-refractivity contribution in [2.45, 2.75) is 15.8 Å². The van der Waals surface area contributed by atoms with Crippen LogP contribution in [0.2, 0.25) is 0 Å². The summed E-state index contributed by atoms with van der Waals surface area (Å²) >= 11 is 21.9. The Morgan fingerprint density at radius 2 is 1.38 bits per heavy atom. The van der Waals surface area contributed by atoms with Gasteiger partial charge in [-0.2, -0.15) is 0 Å². The molecule has 0 heterocycles. The summed E-state index contributed by atoms with van der Waals surface area (Å²) in [6.07, 6.45) is -0.879. The van der Waals surface area contributed by atoms with Gasteiger partial charge in [-0.25, -0.2) is 0 Å². The Balaban J connectivity index is 2.93. The van der Waals surface area contributed by atoms with Crippen LogP contribution in [0.4, 0.5) is 0 Å². The van der Waals surface area contributed by atoms with Gasteiger partial charge >= 0.3 is 0 Å². The van der Waals surface area contributed by atoms with Crippen LogP contribution in [0.3, 0.4) is 0 Å². The molecule has 0 aliphatic heterocycles. The van der Waals surface area contributed by atoms with Crippen LogP contribution in [-0.4, -0.2) is 28.6 Å². The molecular weight excluding hydrogens is 362 g/mol. The van der Waals surface area contributed by atoms with Crippen LogP contribution in [0.25, 0.3) is 0 Å². The van der Waals surface area contributed by atoms with Gasteiger partial charge in [0.1, 0.15) is 11.9 Å². The van der Waals surface area contributed by atoms with E-state index in [1.807, 2.05) is 0 Å². The topological polar surface area (TPSA) is 67.4 Å². The molecule has 0 saturated carbocycles. The first-order chi connectivity index (χ1) is 9.85. The summed E-state index contributed by atoms with van der Waals surface area (Å²) in [6.45, 7) is 0. The lowest BCUT2D eigenvalue weighted by atomic mass is 10.1. The van der Waals surface area contributed by atoms with Crippen molar-refractivity contribution in [3.8, 4) is 5.75 Å². The zero-order valence-corrected chi connectivity index (χ0v) is 13.8. The van der Waals surface area contributed by atoms with Crippen LogP contribution in [0, 0.1) is 0 Å². The van der Waals surface area contributed by atoms with Crippen LogP contribution in [0.1, 0.15) is 11.7 Å². The summed E-state index contributed by atoms with van der Waals surface area (Å²) < 4.78 is 5.03. The highest BCUT2D eigenvalue weighted by molar-refractivity contribution is 6.54. The first-order valence-electron chi connectivity index (χ1n) is 5.66. The molecule has 0 unspecified atom stereocenters. The molecule has 1 aromatic rings. The summed E-state index contributed by atoms with van der Waals surface area (Å²) in [5, 5.41) is 4.93. The fourth-order valence-corrected chi connectivity index (χ4v) is 1.66.